The number of hydrogen-bond acceptors (Lipinski definition) is 10. The number of carboxylic acids is 2. The van der Waals surface area contributed by atoms with Crippen LogP contribution < -0.4 is 18.9 Å². The standard InChI is InChI=1S/C31H30O10S2/c1-15(30(34)35)7-20(32)27-10-16-8-23(21(38-2)13-25(16)42-27)40-5-4-6-41-24-9-17-11-28(43-26(17)14-22(24)39-3)29(33)18-12-19(18)31(36)37/h8-11,13-15,18-19H,4-7,12H2,1-3H3,(H,34,35)(H,36,37). The molecule has 1 fully saturated rings. The lowest BCUT2D eigenvalue weighted by Gasteiger charge is -2.13. The van der Waals surface area contributed by atoms with E-state index in [2.05, 4.69) is 0 Å². The fraction of sp³-hybridized carbons (Fsp3) is 0.355. The van der Waals surface area contributed by atoms with Crippen LogP contribution in [0.2, 0.25) is 0 Å². The molecule has 0 bridgehead atoms. The molecule has 0 radical (unpaired) electrons. The molecule has 1 aliphatic rings. The second-order valence-corrected chi connectivity index (χ2v) is 12.5. The van der Waals surface area contributed by atoms with Crippen LogP contribution in [0.1, 0.15) is 45.5 Å². The fourth-order valence-electron chi connectivity index (χ4n) is 4.73. The molecule has 0 amide bonds. The smallest absolute Gasteiger partial charge is 0.307 e. The molecule has 2 N–H and O–H groups in total. The van der Waals surface area contributed by atoms with E-state index < -0.39 is 29.7 Å². The summed E-state index contributed by atoms with van der Waals surface area (Å²) in [6, 6.07) is 10.7. The number of fused-ring (bicyclic) bond motifs is 2. The van der Waals surface area contributed by atoms with Gasteiger partial charge in [-0.15, -0.1) is 22.7 Å². The van der Waals surface area contributed by atoms with Crippen molar-refractivity contribution in [3.63, 3.8) is 0 Å². The maximum Gasteiger partial charge on any atom is 0.307 e. The molecule has 0 aliphatic heterocycles. The third-order valence-corrected chi connectivity index (χ3v) is 9.54. The molecule has 5 rings (SSSR count). The van der Waals surface area contributed by atoms with Crippen LogP contribution in [0, 0.1) is 17.8 Å². The molecule has 1 aliphatic carbocycles. The van der Waals surface area contributed by atoms with E-state index in [0.717, 1.165) is 20.2 Å². The Morgan fingerprint density at radius 2 is 1.33 bits per heavy atom. The van der Waals surface area contributed by atoms with Gasteiger partial charge >= 0.3 is 11.9 Å². The maximum atomic E-state index is 12.7. The van der Waals surface area contributed by atoms with Gasteiger partial charge < -0.3 is 29.2 Å². The summed E-state index contributed by atoms with van der Waals surface area (Å²) in [4.78, 5) is 48.6. The van der Waals surface area contributed by atoms with E-state index in [9.17, 15) is 19.2 Å². The number of carboxylic acid groups (broad SMARTS) is 2. The Balaban J connectivity index is 1.20. The van der Waals surface area contributed by atoms with E-state index in [1.165, 1.54) is 43.8 Å². The summed E-state index contributed by atoms with van der Waals surface area (Å²) >= 11 is 2.60. The number of carbonyl (C=O) groups excluding carboxylic acids is 2. The first-order valence-corrected chi connectivity index (χ1v) is 15.2. The zero-order valence-electron chi connectivity index (χ0n) is 23.7. The number of ketones is 2. The fourth-order valence-corrected chi connectivity index (χ4v) is 6.83. The Kier molecular flexibility index (Phi) is 8.88. The minimum absolute atomic E-state index is 0.0697. The van der Waals surface area contributed by atoms with Gasteiger partial charge in [-0.05, 0) is 41.5 Å². The zero-order valence-corrected chi connectivity index (χ0v) is 25.3. The molecule has 10 nitrogen and oxygen atoms in total. The number of Topliss-reactive ketones (excluding diaryl/α,β-unsaturated/α-hetero) is 2. The largest absolute Gasteiger partial charge is 0.493 e. The first-order valence-electron chi connectivity index (χ1n) is 13.6. The highest BCUT2D eigenvalue weighted by molar-refractivity contribution is 7.21. The van der Waals surface area contributed by atoms with Crippen LogP contribution in [-0.2, 0) is 9.59 Å². The zero-order chi connectivity index (χ0) is 30.8. The Labute approximate surface area is 254 Å². The molecule has 3 atom stereocenters. The average Bonchev–Trinajstić information content (AvgIpc) is 3.52. The van der Waals surface area contributed by atoms with Crippen LogP contribution in [-0.4, -0.2) is 61.2 Å². The molecule has 2 aromatic carbocycles. The van der Waals surface area contributed by atoms with Crippen molar-refractivity contribution in [3.05, 3.63) is 46.2 Å². The molecule has 2 heterocycles. The van der Waals surface area contributed by atoms with Crippen molar-refractivity contribution in [2.45, 2.75) is 26.2 Å². The third-order valence-electron chi connectivity index (χ3n) is 7.28. The van der Waals surface area contributed by atoms with Crippen LogP contribution in [0.3, 0.4) is 0 Å². The van der Waals surface area contributed by atoms with Gasteiger partial charge in [-0.3, -0.25) is 19.2 Å². The summed E-state index contributed by atoms with van der Waals surface area (Å²) in [5.74, 6) is -2.04. The van der Waals surface area contributed by atoms with Crippen molar-refractivity contribution in [1.82, 2.24) is 0 Å². The second-order valence-electron chi connectivity index (χ2n) is 10.4. The lowest BCUT2D eigenvalue weighted by molar-refractivity contribution is -0.141. The molecular formula is C31H30O10S2. The number of hydrogen-bond donors (Lipinski definition) is 2. The topological polar surface area (TPSA) is 146 Å². The van der Waals surface area contributed by atoms with E-state index in [1.807, 2.05) is 12.1 Å². The summed E-state index contributed by atoms with van der Waals surface area (Å²) in [7, 11) is 3.07. The summed E-state index contributed by atoms with van der Waals surface area (Å²) in [5, 5.41) is 19.9. The predicted molar refractivity (Wildman–Crippen MR) is 162 cm³/mol. The Morgan fingerprint density at radius 3 is 1.81 bits per heavy atom. The number of aliphatic carboxylic acids is 2. The van der Waals surface area contributed by atoms with Crippen molar-refractivity contribution in [3.8, 4) is 23.0 Å². The predicted octanol–water partition coefficient (Wildman–Crippen LogP) is 6.18. The lowest BCUT2D eigenvalue weighted by Crippen LogP contribution is -2.13. The van der Waals surface area contributed by atoms with Gasteiger partial charge in [0, 0.05) is 40.3 Å². The highest BCUT2D eigenvalue weighted by Crippen LogP contribution is 2.44. The van der Waals surface area contributed by atoms with E-state index in [4.69, 9.17) is 29.2 Å². The SMILES string of the molecule is COc1cc2sc(C(=O)CC(C)C(=O)O)cc2cc1OCCCOc1cc2cc(C(=O)C3CC3C(=O)O)sc2cc1OC. The molecule has 43 heavy (non-hydrogen) atoms. The van der Waals surface area contributed by atoms with Crippen LogP contribution in [0.15, 0.2) is 36.4 Å². The van der Waals surface area contributed by atoms with Crippen LogP contribution >= 0.6 is 22.7 Å². The normalized spacial score (nSPS) is 16.5. The van der Waals surface area contributed by atoms with Crippen molar-refractivity contribution in [2.24, 2.45) is 17.8 Å². The maximum absolute atomic E-state index is 12.7. The molecule has 1 saturated carbocycles. The molecule has 0 saturated heterocycles. The number of methoxy groups -OCH3 is 2. The molecule has 12 heteroatoms. The summed E-state index contributed by atoms with van der Waals surface area (Å²) in [5.41, 5.74) is 0. The number of thiophene rings is 2. The van der Waals surface area contributed by atoms with Crippen molar-refractivity contribution in [1.29, 1.82) is 0 Å². The average molecular weight is 627 g/mol. The molecule has 2 aromatic heterocycles. The molecule has 3 unspecified atom stereocenters. The van der Waals surface area contributed by atoms with Gasteiger partial charge in [-0.25, -0.2) is 0 Å². The highest BCUT2D eigenvalue weighted by atomic mass is 32.1. The Morgan fingerprint density at radius 1 is 0.791 bits per heavy atom. The van der Waals surface area contributed by atoms with Crippen molar-refractivity contribution >= 4 is 66.4 Å². The first kappa shape index (κ1) is 30.3. The quantitative estimate of drug-likeness (QED) is 0.116. The second kappa shape index (κ2) is 12.6. The van der Waals surface area contributed by atoms with Gasteiger partial charge in [-0.2, -0.15) is 0 Å². The minimum atomic E-state index is -1.01. The number of rotatable bonds is 15. The van der Waals surface area contributed by atoms with E-state index in [1.54, 1.807) is 24.3 Å². The summed E-state index contributed by atoms with van der Waals surface area (Å²) in [6.07, 6.45) is 0.845. The van der Waals surface area contributed by atoms with E-state index >= 15 is 0 Å². The Hall–Kier alpha value is -4.16. The van der Waals surface area contributed by atoms with E-state index in [0.29, 0.717) is 58.8 Å². The lowest BCUT2D eigenvalue weighted by atomic mass is 10.0. The summed E-state index contributed by atoms with van der Waals surface area (Å²) < 4.78 is 24.6. The van der Waals surface area contributed by atoms with Crippen LogP contribution in [0.25, 0.3) is 20.2 Å². The third kappa shape index (κ3) is 6.60. The molecule has 226 valence electrons. The number of ether oxygens (including phenoxy) is 4. The Bertz CT molecular complexity index is 1720. The van der Waals surface area contributed by atoms with Gasteiger partial charge in [0.1, 0.15) is 0 Å². The van der Waals surface area contributed by atoms with Gasteiger partial charge in [0.2, 0.25) is 0 Å². The monoisotopic (exact) mass is 626 g/mol. The van der Waals surface area contributed by atoms with E-state index in [-0.39, 0.29) is 18.0 Å². The van der Waals surface area contributed by atoms with Gasteiger partial charge in [-0.1, -0.05) is 6.92 Å². The molecule has 4 aromatic rings. The minimum Gasteiger partial charge on any atom is -0.493 e. The highest BCUT2D eigenvalue weighted by Gasteiger charge is 2.48. The number of benzene rings is 2. The van der Waals surface area contributed by atoms with Gasteiger partial charge in [0.15, 0.2) is 34.6 Å². The van der Waals surface area contributed by atoms with Gasteiger partial charge in [0.25, 0.3) is 0 Å². The molecule has 0 spiro atoms. The molecular weight excluding hydrogens is 596 g/mol. The first-order chi connectivity index (χ1) is 20.6. The van der Waals surface area contributed by atoms with Crippen molar-refractivity contribution < 1.29 is 48.3 Å². The van der Waals surface area contributed by atoms with Crippen LogP contribution in [0.5, 0.6) is 23.0 Å². The van der Waals surface area contributed by atoms with Crippen molar-refractivity contribution in [2.75, 3.05) is 27.4 Å². The summed E-state index contributed by atoms with van der Waals surface area (Å²) in [6.45, 7) is 2.15. The number of carbonyl (C=O) groups is 4. The van der Waals surface area contributed by atoms with Crippen LogP contribution in [0.4, 0.5) is 0 Å². The van der Waals surface area contributed by atoms with Gasteiger partial charge in [0.05, 0.1) is 49.0 Å².